The van der Waals surface area contributed by atoms with Gasteiger partial charge in [-0.25, -0.2) is 0 Å². The molecule has 0 aliphatic heterocycles. The van der Waals surface area contributed by atoms with Crippen molar-refractivity contribution in [3.05, 3.63) is 59.2 Å². The van der Waals surface area contributed by atoms with E-state index >= 15 is 0 Å². The molecule has 5 N–H and O–H groups in total. The number of alkyl halides is 6. The van der Waals surface area contributed by atoms with Crippen LogP contribution >= 0.6 is 0 Å². The maximum absolute atomic E-state index is 13.2. The predicted molar refractivity (Wildman–Crippen MR) is 89.8 cm³/mol. The second-order valence-electron chi connectivity index (χ2n) is 6.75. The van der Waals surface area contributed by atoms with Gasteiger partial charge in [0, 0.05) is 22.4 Å². The van der Waals surface area contributed by atoms with Crippen LogP contribution in [0.5, 0.6) is 0 Å². The molecule has 0 amide bonds. The highest BCUT2D eigenvalue weighted by Crippen LogP contribution is 2.52. The van der Waals surface area contributed by atoms with Crippen LogP contribution in [0.3, 0.4) is 0 Å². The minimum Gasteiger partial charge on any atom is -0.399 e. The van der Waals surface area contributed by atoms with Crippen molar-refractivity contribution in [2.24, 2.45) is 0 Å². The standard InChI is InChI=1S/C18H18F6N2O/c1-15(2,10-3-6-12(25)7-4-10)11-5-8-14(26)13(9-11)16(27,17(19,20)21)18(22,23)24/h3-9,27H,25-26H2,1-2H3. The minimum atomic E-state index is -6.01. The van der Waals surface area contributed by atoms with E-state index < -0.39 is 34.6 Å². The van der Waals surface area contributed by atoms with Crippen LogP contribution in [0.25, 0.3) is 0 Å². The molecule has 148 valence electrons. The zero-order valence-corrected chi connectivity index (χ0v) is 14.4. The topological polar surface area (TPSA) is 72.3 Å². The second-order valence-corrected chi connectivity index (χ2v) is 6.75. The Bertz CT molecular complexity index is 811. The second kappa shape index (κ2) is 6.33. The van der Waals surface area contributed by atoms with E-state index in [2.05, 4.69) is 0 Å². The van der Waals surface area contributed by atoms with E-state index in [4.69, 9.17) is 11.5 Å². The van der Waals surface area contributed by atoms with Crippen LogP contribution in [-0.2, 0) is 11.0 Å². The summed E-state index contributed by atoms with van der Waals surface area (Å²) in [4.78, 5) is 0. The summed E-state index contributed by atoms with van der Waals surface area (Å²) in [6.07, 6.45) is -12.0. The molecule has 0 aliphatic rings. The molecule has 0 aromatic heterocycles. The van der Waals surface area contributed by atoms with Crippen LogP contribution in [0.15, 0.2) is 42.5 Å². The van der Waals surface area contributed by atoms with Crippen LogP contribution in [0.1, 0.15) is 30.5 Å². The largest absolute Gasteiger partial charge is 0.430 e. The van der Waals surface area contributed by atoms with Gasteiger partial charge in [-0.2, -0.15) is 26.3 Å². The number of hydrogen-bond donors (Lipinski definition) is 3. The molecule has 0 bridgehead atoms. The third-order valence-corrected chi connectivity index (χ3v) is 4.62. The lowest BCUT2D eigenvalue weighted by Gasteiger charge is -2.35. The van der Waals surface area contributed by atoms with Gasteiger partial charge < -0.3 is 16.6 Å². The lowest BCUT2D eigenvalue weighted by Crippen LogP contribution is -2.54. The minimum absolute atomic E-state index is 0.114. The van der Waals surface area contributed by atoms with Crippen LogP contribution in [0.4, 0.5) is 37.7 Å². The summed E-state index contributed by atoms with van der Waals surface area (Å²) < 4.78 is 79.3. The average Bonchev–Trinajstić information content (AvgIpc) is 2.52. The first-order valence-electron chi connectivity index (χ1n) is 7.74. The normalized spacial score (nSPS) is 13.7. The number of rotatable bonds is 3. The van der Waals surface area contributed by atoms with Crippen LogP contribution in [-0.4, -0.2) is 17.5 Å². The molecular weight excluding hydrogens is 374 g/mol. The van der Waals surface area contributed by atoms with Crippen molar-refractivity contribution in [1.82, 2.24) is 0 Å². The van der Waals surface area contributed by atoms with Crippen molar-refractivity contribution in [1.29, 1.82) is 0 Å². The zero-order chi connectivity index (χ0) is 20.8. The maximum Gasteiger partial charge on any atom is 0.430 e. The van der Waals surface area contributed by atoms with E-state index in [9.17, 15) is 31.4 Å². The van der Waals surface area contributed by atoms with E-state index in [0.717, 1.165) is 6.07 Å². The molecule has 0 saturated carbocycles. The summed E-state index contributed by atoms with van der Waals surface area (Å²) in [7, 11) is 0. The SMILES string of the molecule is CC(C)(c1ccc(N)cc1)c1ccc(N)c(C(O)(C(F)(F)F)C(F)(F)F)c1. The highest BCUT2D eigenvalue weighted by Gasteiger charge is 2.72. The molecule has 0 unspecified atom stereocenters. The summed E-state index contributed by atoms with van der Waals surface area (Å²) >= 11 is 0. The van der Waals surface area contributed by atoms with Gasteiger partial charge in [-0.3, -0.25) is 0 Å². The highest BCUT2D eigenvalue weighted by molar-refractivity contribution is 5.56. The van der Waals surface area contributed by atoms with Gasteiger partial charge in [0.15, 0.2) is 0 Å². The van der Waals surface area contributed by atoms with E-state index in [1.807, 2.05) is 0 Å². The van der Waals surface area contributed by atoms with Crippen LogP contribution < -0.4 is 11.5 Å². The number of anilines is 2. The van der Waals surface area contributed by atoms with Crippen LogP contribution in [0, 0.1) is 0 Å². The Morgan fingerprint density at radius 3 is 1.63 bits per heavy atom. The van der Waals surface area contributed by atoms with Crippen molar-refractivity contribution < 1.29 is 31.4 Å². The first kappa shape index (κ1) is 20.9. The average molecular weight is 392 g/mol. The van der Waals surface area contributed by atoms with Crippen molar-refractivity contribution in [3.8, 4) is 0 Å². The fraction of sp³-hybridized carbons (Fsp3) is 0.333. The Morgan fingerprint density at radius 1 is 0.741 bits per heavy atom. The van der Waals surface area contributed by atoms with Gasteiger partial charge in [0.25, 0.3) is 5.60 Å². The van der Waals surface area contributed by atoms with E-state index in [1.165, 1.54) is 6.07 Å². The zero-order valence-electron chi connectivity index (χ0n) is 14.4. The number of nitrogens with two attached hydrogens (primary N) is 2. The van der Waals surface area contributed by atoms with E-state index in [1.54, 1.807) is 38.1 Å². The quantitative estimate of drug-likeness (QED) is 0.532. The van der Waals surface area contributed by atoms with Crippen LogP contribution in [0.2, 0.25) is 0 Å². The molecule has 0 fully saturated rings. The number of hydrogen-bond acceptors (Lipinski definition) is 3. The molecule has 2 aromatic carbocycles. The highest BCUT2D eigenvalue weighted by atomic mass is 19.4. The molecule has 3 nitrogen and oxygen atoms in total. The summed E-state index contributed by atoms with van der Waals surface area (Å²) in [6, 6.07) is 9.26. The van der Waals surface area contributed by atoms with E-state index in [0.29, 0.717) is 17.3 Å². The summed E-state index contributed by atoms with van der Waals surface area (Å²) in [6.45, 7) is 3.24. The molecule has 0 aliphatic carbocycles. The molecule has 2 aromatic rings. The third kappa shape index (κ3) is 3.43. The van der Waals surface area contributed by atoms with Gasteiger partial charge >= 0.3 is 12.4 Å². The maximum atomic E-state index is 13.2. The van der Waals surface area contributed by atoms with Gasteiger partial charge in [-0.1, -0.05) is 32.0 Å². The fourth-order valence-electron chi connectivity index (χ4n) is 2.79. The first-order valence-corrected chi connectivity index (χ1v) is 7.74. The lowest BCUT2D eigenvalue weighted by atomic mass is 9.76. The Hall–Kier alpha value is -2.42. The number of halogens is 6. The van der Waals surface area contributed by atoms with Gasteiger partial charge in [0.2, 0.25) is 0 Å². The monoisotopic (exact) mass is 392 g/mol. The molecule has 0 radical (unpaired) electrons. The van der Waals surface area contributed by atoms with Crippen molar-refractivity contribution in [2.75, 3.05) is 11.5 Å². The molecule has 0 heterocycles. The summed E-state index contributed by atoms with van der Waals surface area (Å²) in [5.41, 5.74) is 3.84. The first-order chi connectivity index (χ1) is 12.1. The van der Waals surface area contributed by atoms with E-state index in [-0.39, 0.29) is 5.56 Å². The number of benzene rings is 2. The molecule has 27 heavy (non-hydrogen) atoms. The van der Waals surface area contributed by atoms with Gasteiger partial charge in [-0.15, -0.1) is 0 Å². The number of nitrogen functional groups attached to an aromatic ring is 2. The summed E-state index contributed by atoms with van der Waals surface area (Å²) in [5, 5.41) is 9.69. The fourth-order valence-corrected chi connectivity index (χ4v) is 2.79. The predicted octanol–water partition coefficient (Wildman–Crippen LogP) is 4.49. The molecule has 0 saturated heterocycles. The molecule has 9 heteroatoms. The summed E-state index contributed by atoms with van der Waals surface area (Å²) in [5.74, 6) is 0. The molecule has 0 atom stereocenters. The van der Waals surface area contributed by atoms with Crippen molar-refractivity contribution in [2.45, 2.75) is 37.2 Å². The molecule has 2 rings (SSSR count). The number of aliphatic hydroxyl groups is 1. The van der Waals surface area contributed by atoms with Gasteiger partial charge in [0.1, 0.15) is 0 Å². The Kier molecular flexibility index (Phi) is 4.90. The van der Waals surface area contributed by atoms with Gasteiger partial charge in [0.05, 0.1) is 0 Å². The lowest BCUT2D eigenvalue weighted by molar-refractivity contribution is -0.376. The third-order valence-electron chi connectivity index (χ3n) is 4.62. The Labute approximate surface area is 151 Å². The van der Waals surface area contributed by atoms with Gasteiger partial charge in [-0.05, 0) is 35.4 Å². The smallest absolute Gasteiger partial charge is 0.399 e. The Balaban J connectivity index is 2.70. The Morgan fingerprint density at radius 2 is 1.19 bits per heavy atom. The van der Waals surface area contributed by atoms with Crippen molar-refractivity contribution >= 4 is 11.4 Å². The van der Waals surface area contributed by atoms with Crippen molar-refractivity contribution in [3.63, 3.8) is 0 Å². The molecular formula is C18H18F6N2O. The molecule has 0 spiro atoms.